The molecule has 0 amide bonds. The van der Waals surface area contributed by atoms with E-state index in [9.17, 15) is 4.79 Å². The van der Waals surface area contributed by atoms with Crippen molar-refractivity contribution >= 4 is 16.6 Å². The Labute approximate surface area is 115 Å². The molecule has 0 heterocycles. The van der Waals surface area contributed by atoms with E-state index in [4.69, 9.17) is 0 Å². The molecule has 0 saturated carbocycles. The van der Waals surface area contributed by atoms with E-state index < -0.39 is 0 Å². The minimum atomic E-state index is -0.322. The zero-order valence-corrected chi connectivity index (χ0v) is 11.9. The quantitative estimate of drug-likeness (QED) is 0.790. The maximum atomic E-state index is 12.2. The zero-order valence-electron chi connectivity index (χ0n) is 11.9. The van der Waals surface area contributed by atoms with Gasteiger partial charge in [0.15, 0.2) is 0 Å². The molecule has 0 fully saturated rings. The predicted octanol–water partition coefficient (Wildman–Crippen LogP) is 4.45. The lowest BCUT2D eigenvalue weighted by Crippen LogP contribution is -2.28. The van der Waals surface area contributed by atoms with E-state index in [2.05, 4.69) is 31.2 Å². The molecule has 2 rings (SSSR count). The molecule has 2 aromatic rings. The first-order chi connectivity index (χ1) is 8.89. The Hall–Kier alpha value is -1.63. The highest BCUT2D eigenvalue weighted by atomic mass is 16.1. The van der Waals surface area contributed by atoms with Gasteiger partial charge in [-0.1, -0.05) is 63.2 Å². The number of fused-ring (bicyclic) bond motifs is 1. The molecule has 2 aromatic carbocycles. The van der Waals surface area contributed by atoms with Crippen molar-refractivity contribution in [2.75, 3.05) is 0 Å². The van der Waals surface area contributed by atoms with Crippen molar-refractivity contribution in [2.45, 2.75) is 27.2 Å². The van der Waals surface area contributed by atoms with Crippen LogP contribution < -0.4 is 0 Å². The van der Waals surface area contributed by atoms with Crippen LogP contribution in [0.4, 0.5) is 0 Å². The number of Topliss-reactive ketones (excluding diaryl/α,β-unsaturated/α-hetero) is 1. The molecule has 1 atom stereocenters. The van der Waals surface area contributed by atoms with Gasteiger partial charge in [0.25, 0.3) is 0 Å². The van der Waals surface area contributed by atoms with Gasteiger partial charge in [-0.15, -0.1) is 0 Å². The highest BCUT2D eigenvalue weighted by Crippen LogP contribution is 2.25. The largest absolute Gasteiger partial charge is 0.299 e. The number of hydrogen-bond donors (Lipinski definition) is 0. The molecule has 0 spiro atoms. The highest BCUT2D eigenvalue weighted by Gasteiger charge is 2.26. The van der Waals surface area contributed by atoms with E-state index in [1.54, 1.807) is 0 Å². The van der Waals surface area contributed by atoms with Crippen molar-refractivity contribution in [1.82, 2.24) is 0 Å². The van der Waals surface area contributed by atoms with Crippen LogP contribution in [0.3, 0.4) is 0 Å². The molecule has 1 radical (unpaired) electrons. The summed E-state index contributed by atoms with van der Waals surface area (Å²) in [4.78, 5) is 12.2. The smallest absolute Gasteiger partial charge is 0.141 e. The highest BCUT2D eigenvalue weighted by molar-refractivity contribution is 5.89. The van der Waals surface area contributed by atoms with Crippen LogP contribution in [0.5, 0.6) is 0 Å². The summed E-state index contributed by atoms with van der Waals surface area (Å²) in [6.45, 7) is 9.92. The van der Waals surface area contributed by atoms with Crippen molar-refractivity contribution in [2.24, 2.45) is 11.3 Å². The summed E-state index contributed by atoms with van der Waals surface area (Å²) in [7, 11) is 0. The van der Waals surface area contributed by atoms with Crippen LogP contribution in [-0.2, 0) is 11.2 Å². The molecule has 19 heavy (non-hydrogen) atoms. The lowest BCUT2D eigenvalue weighted by atomic mass is 9.81. The number of ketones is 1. The third-order valence-electron chi connectivity index (χ3n) is 3.46. The van der Waals surface area contributed by atoms with Crippen molar-refractivity contribution in [3.63, 3.8) is 0 Å². The summed E-state index contributed by atoms with van der Waals surface area (Å²) in [6, 6.07) is 14.5. The Morgan fingerprint density at radius 1 is 1.11 bits per heavy atom. The van der Waals surface area contributed by atoms with E-state index in [0.29, 0.717) is 6.42 Å². The van der Waals surface area contributed by atoms with Crippen LogP contribution in [0.15, 0.2) is 42.5 Å². The van der Waals surface area contributed by atoms with Crippen molar-refractivity contribution in [1.29, 1.82) is 0 Å². The van der Waals surface area contributed by atoms with Crippen molar-refractivity contribution in [3.8, 4) is 0 Å². The van der Waals surface area contributed by atoms with Gasteiger partial charge in [0, 0.05) is 11.3 Å². The molecular weight excluding hydrogens is 232 g/mol. The van der Waals surface area contributed by atoms with Crippen molar-refractivity contribution < 1.29 is 4.79 Å². The van der Waals surface area contributed by atoms with Crippen LogP contribution in [0.1, 0.15) is 26.3 Å². The van der Waals surface area contributed by atoms with Crippen LogP contribution in [-0.4, -0.2) is 5.78 Å². The summed E-state index contributed by atoms with van der Waals surface area (Å²) >= 11 is 0. The average molecular weight is 253 g/mol. The molecule has 0 saturated heterocycles. The van der Waals surface area contributed by atoms with Gasteiger partial charge in [0.05, 0.1) is 0 Å². The minimum absolute atomic E-state index is 0.189. The average Bonchev–Trinajstić information content (AvgIpc) is 2.37. The molecule has 1 unspecified atom stereocenters. The van der Waals surface area contributed by atoms with E-state index in [1.165, 1.54) is 16.3 Å². The minimum Gasteiger partial charge on any atom is -0.299 e. The molecule has 1 heteroatoms. The Morgan fingerprint density at radius 3 is 2.42 bits per heavy atom. The fourth-order valence-corrected chi connectivity index (χ4v) is 2.44. The fourth-order valence-electron chi connectivity index (χ4n) is 2.44. The molecule has 0 N–H and O–H groups in total. The topological polar surface area (TPSA) is 17.1 Å². The molecule has 0 aliphatic carbocycles. The first-order valence-electron chi connectivity index (χ1n) is 6.73. The number of hydrogen-bond acceptors (Lipinski definition) is 1. The first-order valence-corrected chi connectivity index (χ1v) is 6.73. The standard InChI is InChI=1S/C18H21O/c1-13(17(19)18(2,3)4)12-15-10-7-9-14-8-5-6-11-16(14)15/h5-11,13H,1,12H2,2-4H3. The molecule has 0 aliphatic heterocycles. The van der Waals surface area contributed by atoms with Gasteiger partial charge >= 0.3 is 0 Å². The van der Waals surface area contributed by atoms with E-state index in [0.717, 1.165) is 0 Å². The summed E-state index contributed by atoms with van der Waals surface area (Å²) in [5.74, 6) is 0.0336. The fraction of sp³-hybridized carbons (Fsp3) is 0.333. The Balaban J connectivity index is 2.29. The number of benzene rings is 2. The monoisotopic (exact) mass is 253 g/mol. The third kappa shape index (κ3) is 3.04. The summed E-state index contributed by atoms with van der Waals surface area (Å²) < 4.78 is 0. The number of carbonyl (C=O) groups excluding carboxylic acids is 1. The van der Waals surface area contributed by atoms with Crippen LogP contribution in [0.2, 0.25) is 0 Å². The summed E-state index contributed by atoms with van der Waals surface area (Å²) in [5.41, 5.74) is 0.882. The molecule has 0 aromatic heterocycles. The first kappa shape index (κ1) is 13.8. The Morgan fingerprint density at radius 2 is 1.74 bits per heavy atom. The zero-order chi connectivity index (χ0) is 14.0. The van der Waals surface area contributed by atoms with E-state index in [1.807, 2.05) is 39.0 Å². The van der Waals surface area contributed by atoms with Gasteiger partial charge in [0.1, 0.15) is 5.78 Å². The normalized spacial score (nSPS) is 13.5. The maximum absolute atomic E-state index is 12.2. The maximum Gasteiger partial charge on any atom is 0.141 e. The molecule has 0 bridgehead atoms. The van der Waals surface area contributed by atoms with Gasteiger partial charge in [0.2, 0.25) is 0 Å². The summed E-state index contributed by atoms with van der Waals surface area (Å²) in [5, 5.41) is 2.44. The summed E-state index contributed by atoms with van der Waals surface area (Å²) in [6.07, 6.45) is 0.706. The number of carbonyl (C=O) groups is 1. The van der Waals surface area contributed by atoms with Gasteiger partial charge in [-0.2, -0.15) is 0 Å². The van der Waals surface area contributed by atoms with E-state index in [-0.39, 0.29) is 17.1 Å². The van der Waals surface area contributed by atoms with Crippen LogP contribution in [0.25, 0.3) is 10.8 Å². The van der Waals surface area contributed by atoms with Crippen LogP contribution in [0, 0.1) is 18.3 Å². The second-order valence-electron chi connectivity index (χ2n) is 6.15. The predicted molar refractivity (Wildman–Crippen MR) is 81.0 cm³/mol. The van der Waals surface area contributed by atoms with Crippen molar-refractivity contribution in [3.05, 3.63) is 55.0 Å². The van der Waals surface area contributed by atoms with Gasteiger partial charge in [-0.3, -0.25) is 4.79 Å². The molecule has 0 aliphatic rings. The lowest BCUT2D eigenvalue weighted by Gasteiger charge is -2.22. The van der Waals surface area contributed by atoms with Gasteiger partial charge in [-0.05, 0) is 29.7 Å². The lowest BCUT2D eigenvalue weighted by molar-refractivity contribution is -0.129. The van der Waals surface area contributed by atoms with Gasteiger partial charge in [-0.25, -0.2) is 0 Å². The van der Waals surface area contributed by atoms with E-state index >= 15 is 0 Å². The molecule has 99 valence electrons. The third-order valence-corrected chi connectivity index (χ3v) is 3.46. The van der Waals surface area contributed by atoms with Gasteiger partial charge < -0.3 is 0 Å². The SMILES string of the molecule is [CH2]C(Cc1cccc2ccccc12)C(=O)C(C)(C)C. The van der Waals surface area contributed by atoms with Crippen LogP contribution >= 0.6 is 0 Å². The molecule has 1 nitrogen and oxygen atoms in total. The second kappa shape index (κ2) is 5.16. The number of rotatable bonds is 3. The molecular formula is C18H21O. The Kier molecular flexibility index (Phi) is 3.75. The second-order valence-corrected chi connectivity index (χ2v) is 6.15. The Bertz CT molecular complexity index is 585.